The van der Waals surface area contributed by atoms with Crippen molar-refractivity contribution in [3.63, 3.8) is 0 Å². The molecule has 0 unspecified atom stereocenters. The fourth-order valence-electron chi connectivity index (χ4n) is 3.23. The molecule has 1 N–H and O–H groups in total. The lowest BCUT2D eigenvalue weighted by atomic mass is 10.1. The van der Waals surface area contributed by atoms with Crippen molar-refractivity contribution < 1.29 is 9.47 Å². The molecule has 0 radical (unpaired) electrons. The molecule has 1 aromatic carbocycles. The third kappa shape index (κ3) is 4.12. The summed E-state index contributed by atoms with van der Waals surface area (Å²) in [5.74, 6) is 1.96. The average Bonchev–Trinajstić information content (AvgIpc) is 2.72. The van der Waals surface area contributed by atoms with Gasteiger partial charge in [-0.1, -0.05) is 12.1 Å². The summed E-state index contributed by atoms with van der Waals surface area (Å²) in [6.07, 6.45) is 0. The molecule has 144 valence electrons. The van der Waals surface area contributed by atoms with Crippen molar-refractivity contribution in [2.24, 2.45) is 0 Å². The molecule has 0 atom stereocenters. The van der Waals surface area contributed by atoms with Crippen molar-refractivity contribution in [2.75, 3.05) is 67.7 Å². The van der Waals surface area contributed by atoms with E-state index in [4.69, 9.17) is 24.4 Å². The van der Waals surface area contributed by atoms with E-state index in [1.165, 1.54) is 11.1 Å². The van der Waals surface area contributed by atoms with E-state index in [0.717, 1.165) is 31.9 Å². The van der Waals surface area contributed by atoms with Crippen molar-refractivity contribution in [3.05, 3.63) is 29.3 Å². The summed E-state index contributed by atoms with van der Waals surface area (Å²) in [7, 11) is 0. The number of hydrogen-bond donors (Lipinski definition) is 1. The zero-order chi connectivity index (χ0) is 18.6. The van der Waals surface area contributed by atoms with Crippen molar-refractivity contribution in [2.45, 2.75) is 13.8 Å². The first-order valence-electron chi connectivity index (χ1n) is 9.45. The molecule has 1 aromatic heterocycles. The van der Waals surface area contributed by atoms with Gasteiger partial charge in [0.05, 0.1) is 26.4 Å². The molecule has 8 nitrogen and oxygen atoms in total. The minimum absolute atomic E-state index is 0.571. The van der Waals surface area contributed by atoms with Crippen molar-refractivity contribution in [1.29, 1.82) is 0 Å². The Balaban J connectivity index is 1.67. The Bertz CT molecular complexity index is 752. The molecule has 0 aliphatic carbocycles. The Labute approximate surface area is 159 Å². The number of aryl methyl sites for hydroxylation is 1. The lowest BCUT2D eigenvalue weighted by Gasteiger charge is -2.30. The maximum atomic E-state index is 5.47. The summed E-state index contributed by atoms with van der Waals surface area (Å²) in [6.45, 7) is 10.1. The number of nitrogens with one attached hydrogen (secondary N) is 1. The average molecular weight is 370 g/mol. The smallest absolute Gasteiger partial charge is 0.233 e. The second-order valence-corrected chi connectivity index (χ2v) is 6.83. The topological polar surface area (TPSA) is 75.6 Å². The van der Waals surface area contributed by atoms with Crippen LogP contribution in [0.25, 0.3) is 0 Å². The van der Waals surface area contributed by atoms with Crippen LogP contribution in [0.15, 0.2) is 18.2 Å². The van der Waals surface area contributed by atoms with Gasteiger partial charge in [0.25, 0.3) is 0 Å². The number of rotatable bonds is 4. The van der Waals surface area contributed by atoms with E-state index in [2.05, 4.69) is 41.1 Å². The number of ether oxygens (including phenoxy) is 2. The van der Waals surface area contributed by atoms with Gasteiger partial charge in [-0.3, -0.25) is 0 Å². The van der Waals surface area contributed by atoms with Crippen LogP contribution in [0.4, 0.5) is 23.5 Å². The number of hydrogen-bond acceptors (Lipinski definition) is 8. The van der Waals surface area contributed by atoms with Crippen LogP contribution in [0.2, 0.25) is 0 Å². The molecule has 8 heteroatoms. The van der Waals surface area contributed by atoms with Gasteiger partial charge >= 0.3 is 0 Å². The first kappa shape index (κ1) is 17.9. The Hall–Kier alpha value is -2.45. The molecular formula is C19H26N6O2. The van der Waals surface area contributed by atoms with Gasteiger partial charge < -0.3 is 24.6 Å². The number of anilines is 4. The lowest BCUT2D eigenvalue weighted by Crippen LogP contribution is -2.40. The van der Waals surface area contributed by atoms with E-state index in [0.29, 0.717) is 44.3 Å². The molecule has 0 saturated carbocycles. The maximum absolute atomic E-state index is 5.47. The normalized spacial score (nSPS) is 17.9. The van der Waals surface area contributed by atoms with E-state index in [-0.39, 0.29) is 0 Å². The van der Waals surface area contributed by atoms with E-state index in [9.17, 15) is 0 Å². The fourth-order valence-corrected chi connectivity index (χ4v) is 3.23. The number of nitrogens with zero attached hydrogens (tertiary/aromatic N) is 5. The summed E-state index contributed by atoms with van der Waals surface area (Å²) >= 11 is 0. The Kier molecular flexibility index (Phi) is 5.35. The molecule has 2 aliphatic heterocycles. The fraction of sp³-hybridized carbons (Fsp3) is 0.526. The summed E-state index contributed by atoms with van der Waals surface area (Å²) in [5, 5.41) is 3.39. The van der Waals surface area contributed by atoms with Crippen LogP contribution in [0, 0.1) is 13.8 Å². The quantitative estimate of drug-likeness (QED) is 0.875. The third-order valence-corrected chi connectivity index (χ3v) is 5.05. The summed E-state index contributed by atoms with van der Waals surface area (Å²) < 4.78 is 10.9. The van der Waals surface area contributed by atoms with Gasteiger partial charge in [-0.15, -0.1) is 0 Å². The monoisotopic (exact) mass is 370 g/mol. The van der Waals surface area contributed by atoms with Gasteiger partial charge in [-0.25, -0.2) is 0 Å². The first-order valence-corrected chi connectivity index (χ1v) is 9.45. The van der Waals surface area contributed by atoms with Crippen LogP contribution < -0.4 is 15.1 Å². The number of aromatic nitrogens is 3. The number of benzene rings is 1. The van der Waals surface area contributed by atoms with E-state index in [1.54, 1.807) is 0 Å². The molecule has 2 fully saturated rings. The van der Waals surface area contributed by atoms with Crippen LogP contribution in [0.5, 0.6) is 0 Å². The van der Waals surface area contributed by atoms with Crippen LogP contribution in [0.3, 0.4) is 0 Å². The predicted molar refractivity (Wildman–Crippen MR) is 105 cm³/mol. The minimum atomic E-state index is 0.571. The summed E-state index contributed by atoms with van der Waals surface area (Å²) in [6, 6.07) is 6.19. The Morgan fingerprint density at radius 2 is 1.37 bits per heavy atom. The first-order chi connectivity index (χ1) is 13.2. The molecular weight excluding hydrogens is 344 g/mol. The SMILES string of the molecule is Cc1cccc(Nc2nc(N3CCOCC3)nc(N3CCOCC3)n2)c1C. The minimum Gasteiger partial charge on any atom is -0.378 e. The lowest BCUT2D eigenvalue weighted by molar-refractivity contribution is 0.121. The highest BCUT2D eigenvalue weighted by Crippen LogP contribution is 2.24. The zero-order valence-corrected chi connectivity index (χ0v) is 15.9. The Morgan fingerprint density at radius 3 is 1.93 bits per heavy atom. The van der Waals surface area contributed by atoms with Crippen molar-refractivity contribution >= 4 is 23.5 Å². The third-order valence-electron chi connectivity index (χ3n) is 5.05. The van der Waals surface area contributed by atoms with Gasteiger partial charge in [0, 0.05) is 31.9 Å². The van der Waals surface area contributed by atoms with Gasteiger partial charge in [-0.2, -0.15) is 15.0 Å². The molecule has 2 aromatic rings. The summed E-state index contributed by atoms with van der Waals surface area (Å²) in [5.41, 5.74) is 3.44. The molecule has 0 bridgehead atoms. The Morgan fingerprint density at radius 1 is 0.815 bits per heavy atom. The second-order valence-electron chi connectivity index (χ2n) is 6.83. The van der Waals surface area contributed by atoms with Gasteiger partial charge in [0.2, 0.25) is 17.8 Å². The molecule has 4 rings (SSSR count). The molecule has 0 amide bonds. The van der Waals surface area contributed by atoms with Crippen LogP contribution in [0.1, 0.15) is 11.1 Å². The molecule has 2 aliphatic rings. The van der Waals surface area contributed by atoms with E-state index >= 15 is 0 Å². The summed E-state index contributed by atoms with van der Waals surface area (Å²) in [4.78, 5) is 18.4. The van der Waals surface area contributed by atoms with Gasteiger partial charge in [0.1, 0.15) is 0 Å². The molecule has 0 spiro atoms. The maximum Gasteiger partial charge on any atom is 0.233 e. The van der Waals surface area contributed by atoms with Crippen LogP contribution >= 0.6 is 0 Å². The van der Waals surface area contributed by atoms with Gasteiger partial charge in [-0.05, 0) is 31.0 Å². The largest absolute Gasteiger partial charge is 0.378 e. The van der Waals surface area contributed by atoms with Crippen molar-refractivity contribution in [3.8, 4) is 0 Å². The van der Waals surface area contributed by atoms with Gasteiger partial charge in [0.15, 0.2) is 0 Å². The van der Waals surface area contributed by atoms with E-state index < -0.39 is 0 Å². The molecule has 3 heterocycles. The second kappa shape index (κ2) is 8.06. The van der Waals surface area contributed by atoms with Crippen LogP contribution in [-0.2, 0) is 9.47 Å². The molecule has 27 heavy (non-hydrogen) atoms. The standard InChI is InChI=1S/C19H26N6O2/c1-14-4-3-5-16(15(14)2)20-17-21-18(24-6-10-26-11-7-24)23-19(22-17)25-8-12-27-13-9-25/h3-5H,6-13H2,1-2H3,(H,20,21,22,23). The molecule has 2 saturated heterocycles. The van der Waals surface area contributed by atoms with Crippen LogP contribution in [-0.4, -0.2) is 67.6 Å². The van der Waals surface area contributed by atoms with Crippen molar-refractivity contribution in [1.82, 2.24) is 15.0 Å². The highest BCUT2D eigenvalue weighted by molar-refractivity contribution is 5.61. The number of morpholine rings is 2. The predicted octanol–water partition coefficient (Wildman–Crippen LogP) is 1.91. The highest BCUT2D eigenvalue weighted by atomic mass is 16.5. The van der Waals surface area contributed by atoms with E-state index in [1.807, 2.05) is 6.07 Å². The highest BCUT2D eigenvalue weighted by Gasteiger charge is 2.21. The zero-order valence-electron chi connectivity index (χ0n) is 15.9.